The van der Waals surface area contributed by atoms with Crippen LogP contribution in [0.5, 0.6) is 11.6 Å². The SMILES string of the molecule is Cc1ccc(Oc2nccnc2N2CCCC(C(=O)NCc3ccc(F)cc3)C2)cc1. The Kier molecular flexibility index (Phi) is 6.40. The fourth-order valence-electron chi connectivity index (χ4n) is 3.64. The van der Waals surface area contributed by atoms with E-state index >= 15 is 0 Å². The van der Waals surface area contributed by atoms with E-state index in [2.05, 4.69) is 20.2 Å². The summed E-state index contributed by atoms with van der Waals surface area (Å²) in [6.45, 7) is 3.72. The minimum Gasteiger partial charge on any atom is -0.436 e. The van der Waals surface area contributed by atoms with E-state index in [0.29, 0.717) is 30.5 Å². The lowest BCUT2D eigenvalue weighted by atomic mass is 9.97. The van der Waals surface area contributed by atoms with Gasteiger partial charge in [-0.15, -0.1) is 0 Å². The van der Waals surface area contributed by atoms with E-state index in [4.69, 9.17) is 4.74 Å². The number of anilines is 1. The fraction of sp³-hybridized carbons (Fsp3) is 0.292. The van der Waals surface area contributed by atoms with Crippen LogP contribution < -0.4 is 15.0 Å². The van der Waals surface area contributed by atoms with Crippen LogP contribution in [0.3, 0.4) is 0 Å². The van der Waals surface area contributed by atoms with Gasteiger partial charge < -0.3 is 15.0 Å². The van der Waals surface area contributed by atoms with Crippen molar-refractivity contribution in [1.29, 1.82) is 0 Å². The number of rotatable bonds is 6. The van der Waals surface area contributed by atoms with Crippen molar-refractivity contribution in [3.63, 3.8) is 0 Å². The van der Waals surface area contributed by atoms with Crippen LogP contribution in [0.2, 0.25) is 0 Å². The number of amides is 1. The van der Waals surface area contributed by atoms with Crippen LogP contribution in [-0.2, 0) is 11.3 Å². The van der Waals surface area contributed by atoms with Gasteiger partial charge in [0.2, 0.25) is 5.91 Å². The number of aromatic nitrogens is 2. The molecule has 1 amide bonds. The summed E-state index contributed by atoms with van der Waals surface area (Å²) in [4.78, 5) is 23.7. The number of ether oxygens (including phenoxy) is 1. The molecule has 7 heteroatoms. The molecule has 0 bridgehead atoms. The first-order valence-electron chi connectivity index (χ1n) is 10.4. The molecule has 1 aromatic heterocycles. The van der Waals surface area contributed by atoms with E-state index in [1.807, 2.05) is 31.2 Å². The van der Waals surface area contributed by atoms with E-state index in [1.54, 1.807) is 24.5 Å². The van der Waals surface area contributed by atoms with Gasteiger partial charge in [0.15, 0.2) is 5.82 Å². The predicted octanol–water partition coefficient (Wildman–Crippen LogP) is 4.25. The molecule has 1 saturated heterocycles. The van der Waals surface area contributed by atoms with Crippen molar-refractivity contribution in [3.05, 3.63) is 77.9 Å². The Morgan fingerprint density at radius 3 is 2.65 bits per heavy atom. The van der Waals surface area contributed by atoms with Crippen LogP contribution >= 0.6 is 0 Å². The molecule has 2 aromatic carbocycles. The molecule has 6 nitrogen and oxygen atoms in total. The van der Waals surface area contributed by atoms with Gasteiger partial charge in [-0.1, -0.05) is 29.8 Å². The third-order valence-electron chi connectivity index (χ3n) is 5.35. The lowest BCUT2D eigenvalue weighted by Gasteiger charge is -2.33. The minimum atomic E-state index is -0.286. The minimum absolute atomic E-state index is 0.0149. The first-order chi connectivity index (χ1) is 15.1. The summed E-state index contributed by atoms with van der Waals surface area (Å²) in [6.07, 6.45) is 4.91. The maximum Gasteiger partial charge on any atom is 0.263 e. The average molecular weight is 420 g/mol. The Labute approximate surface area is 181 Å². The highest BCUT2D eigenvalue weighted by molar-refractivity contribution is 5.79. The van der Waals surface area contributed by atoms with Crippen LogP contribution in [0.4, 0.5) is 10.2 Å². The number of nitrogens with zero attached hydrogens (tertiary/aromatic N) is 3. The normalized spacial score (nSPS) is 16.1. The average Bonchev–Trinajstić information content (AvgIpc) is 2.80. The van der Waals surface area contributed by atoms with Crippen LogP contribution in [0.15, 0.2) is 60.9 Å². The molecule has 1 fully saturated rings. The highest BCUT2D eigenvalue weighted by atomic mass is 19.1. The zero-order chi connectivity index (χ0) is 21.6. The molecule has 1 atom stereocenters. The summed E-state index contributed by atoms with van der Waals surface area (Å²) in [7, 11) is 0. The number of piperidine rings is 1. The lowest BCUT2D eigenvalue weighted by molar-refractivity contribution is -0.125. The highest BCUT2D eigenvalue weighted by Gasteiger charge is 2.28. The Morgan fingerprint density at radius 1 is 1.13 bits per heavy atom. The van der Waals surface area contributed by atoms with Crippen LogP contribution in [-0.4, -0.2) is 29.0 Å². The molecule has 0 saturated carbocycles. The van der Waals surface area contributed by atoms with Crippen molar-refractivity contribution >= 4 is 11.7 Å². The maximum atomic E-state index is 13.1. The van der Waals surface area contributed by atoms with E-state index in [-0.39, 0.29) is 17.6 Å². The maximum absolute atomic E-state index is 13.1. The summed E-state index contributed by atoms with van der Waals surface area (Å²) in [6, 6.07) is 13.9. The van der Waals surface area contributed by atoms with Gasteiger partial charge in [-0.3, -0.25) is 4.79 Å². The second-order valence-electron chi connectivity index (χ2n) is 7.73. The van der Waals surface area contributed by atoms with Gasteiger partial charge in [-0.25, -0.2) is 14.4 Å². The van der Waals surface area contributed by atoms with Crippen molar-refractivity contribution < 1.29 is 13.9 Å². The topological polar surface area (TPSA) is 67.4 Å². The molecule has 0 aliphatic carbocycles. The molecule has 160 valence electrons. The Bertz CT molecular complexity index is 1020. The zero-order valence-electron chi connectivity index (χ0n) is 17.4. The van der Waals surface area contributed by atoms with E-state index in [9.17, 15) is 9.18 Å². The second-order valence-corrected chi connectivity index (χ2v) is 7.73. The van der Waals surface area contributed by atoms with Gasteiger partial charge >= 0.3 is 0 Å². The Morgan fingerprint density at radius 2 is 1.87 bits per heavy atom. The first kappa shape index (κ1) is 20.8. The summed E-state index contributed by atoms with van der Waals surface area (Å²) < 4.78 is 19.0. The van der Waals surface area contributed by atoms with Gasteiger partial charge in [-0.05, 0) is 49.6 Å². The molecule has 1 unspecified atom stereocenters. The third kappa shape index (κ3) is 5.36. The van der Waals surface area contributed by atoms with E-state index in [1.165, 1.54) is 12.1 Å². The van der Waals surface area contributed by atoms with E-state index in [0.717, 1.165) is 30.5 Å². The smallest absolute Gasteiger partial charge is 0.263 e. The summed E-state index contributed by atoms with van der Waals surface area (Å²) in [5.74, 6) is 1.30. The molecule has 0 radical (unpaired) electrons. The van der Waals surface area contributed by atoms with Crippen LogP contribution in [0, 0.1) is 18.7 Å². The molecule has 2 heterocycles. The third-order valence-corrected chi connectivity index (χ3v) is 5.35. The van der Waals surface area contributed by atoms with Gasteiger partial charge in [0.1, 0.15) is 11.6 Å². The van der Waals surface area contributed by atoms with Crippen LogP contribution in [0.25, 0.3) is 0 Å². The van der Waals surface area contributed by atoms with Crippen molar-refractivity contribution in [2.45, 2.75) is 26.3 Å². The van der Waals surface area contributed by atoms with Crippen molar-refractivity contribution in [3.8, 4) is 11.6 Å². The zero-order valence-corrected chi connectivity index (χ0v) is 17.4. The molecule has 3 aromatic rings. The van der Waals surface area contributed by atoms with Crippen LogP contribution in [0.1, 0.15) is 24.0 Å². The summed E-state index contributed by atoms with van der Waals surface area (Å²) in [5.41, 5.74) is 2.02. The van der Waals surface area contributed by atoms with Crippen molar-refractivity contribution in [1.82, 2.24) is 15.3 Å². The lowest BCUT2D eigenvalue weighted by Crippen LogP contribution is -2.43. The van der Waals surface area contributed by atoms with Gasteiger partial charge in [0.05, 0.1) is 5.92 Å². The molecule has 1 aliphatic rings. The molecule has 31 heavy (non-hydrogen) atoms. The quantitative estimate of drug-likeness (QED) is 0.646. The standard InChI is InChI=1S/C24H25FN4O2/c1-17-4-10-21(11-5-17)31-24-22(26-12-13-27-24)29-14-2-3-19(16-29)23(30)28-15-18-6-8-20(25)9-7-18/h4-13,19H,2-3,14-16H2,1H3,(H,28,30). The van der Waals surface area contributed by atoms with E-state index < -0.39 is 0 Å². The van der Waals surface area contributed by atoms with Gasteiger partial charge in [0.25, 0.3) is 5.88 Å². The number of hydrogen-bond donors (Lipinski definition) is 1. The number of nitrogens with one attached hydrogen (secondary N) is 1. The number of carbonyl (C=O) groups excluding carboxylic acids is 1. The molecular formula is C24H25FN4O2. The number of halogens is 1. The fourth-order valence-corrected chi connectivity index (χ4v) is 3.64. The highest BCUT2D eigenvalue weighted by Crippen LogP contribution is 2.31. The summed E-state index contributed by atoms with van der Waals surface area (Å²) in [5, 5.41) is 2.96. The first-order valence-corrected chi connectivity index (χ1v) is 10.4. The predicted molar refractivity (Wildman–Crippen MR) is 116 cm³/mol. The van der Waals surface area contributed by atoms with Crippen molar-refractivity contribution in [2.75, 3.05) is 18.0 Å². The largest absolute Gasteiger partial charge is 0.436 e. The van der Waals surface area contributed by atoms with Gasteiger partial charge in [-0.2, -0.15) is 0 Å². The molecule has 4 rings (SSSR count). The molecule has 1 aliphatic heterocycles. The van der Waals surface area contributed by atoms with Crippen molar-refractivity contribution in [2.24, 2.45) is 5.92 Å². The Hall–Kier alpha value is -3.48. The number of carbonyl (C=O) groups is 1. The second kappa shape index (κ2) is 9.55. The Balaban J connectivity index is 1.41. The number of hydrogen-bond acceptors (Lipinski definition) is 5. The molecule has 1 N–H and O–H groups in total. The number of aryl methyl sites for hydroxylation is 1. The summed E-state index contributed by atoms with van der Waals surface area (Å²) >= 11 is 0. The number of benzene rings is 2. The monoisotopic (exact) mass is 420 g/mol. The molecular weight excluding hydrogens is 395 g/mol. The van der Waals surface area contributed by atoms with Gasteiger partial charge in [0, 0.05) is 32.0 Å². The molecule has 0 spiro atoms.